The molecule has 2 N–H and O–H groups in total. The summed E-state index contributed by atoms with van der Waals surface area (Å²) in [6.45, 7) is 3.83. The summed E-state index contributed by atoms with van der Waals surface area (Å²) in [4.78, 5) is 11.9. The van der Waals surface area contributed by atoms with Crippen molar-refractivity contribution < 1.29 is 9.90 Å². The SMILES string of the molecule is CCC(Nc1ccc(C)cc1)(C(=O)O)c1cccc(Cl)c1. The van der Waals surface area contributed by atoms with Crippen LogP contribution in [-0.2, 0) is 10.3 Å². The molecule has 2 aromatic carbocycles. The third-order valence-corrected chi connectivity index (χ3v) is 3.86. The van der Waals surface area contributed by atoms with Gasteiger partial charge in [0, 0.05) is 10.7 Å². The van der Waals surface area contributed by atoms with Crippen molar-refractivity contribution in [3.05, 3.63) is 64.7 Å². The van der Waals surface area contributed by atoms with E-state index in [2.05, 4.69) is 5.32 Å². The van der Waals surface area contributed by atoms with Crippen LogP contribution in [0.25, 0.3) is 0 Å². The third kappa shape index (κ3) is 3.19. The van der Waals surface area contributed by atoms with Gasteiger partial charge in [-0.3, -0.25) is 0 Å². The number of rotatable bonds is 5. The Balaban J connectivity index is 2.46. The Morgan fingerprint density at radius 2 is 1.90 bits per heavy atom. The van der Waals surface area contributed by atoms with Gasteiger partial charge in [-0.1, -0.05) is 48.4 Å². The van der Waals surface area contributed by atoms with Gasteiger partial charge in [-0.2, -0.15) is 0 Å². The van der Waals surface area contributed by atoms with E-state index in [1.54, 1.807) is 24.3 Å². The maximum absolute atomic E-state index is 11.9. The second-order valence-corrected chi connectivity index (χ2v) is 5.50. The molecule has 2 aromatic rings. The van der Waals surface area contributed by atoms with Crippen molar-refractivity contribution in [2.45, 2.75) is 25.8 Å². The largest absolute Gasteiger partial charge is 0.479 e. The first-order chi connectivity index (χ1) is 9.98. The summed E-state index contributed by atoms with van der Waals surface area (Å²) >= 11 is 6.02. The molecule has 0 spiro atoms. The minimum atomic E-state index is -1.19. The van der Waals surface area contributed by atoms with E-state index in [1.807, 2.05) is 38.1 Å². The van der Waals surface area contributed by atoms with Gasteiger partial charge in [0.1, 0.15) is 0 Å². The van der Waals surface area contributed by atoms with Gasteiger partial charge in [-0.05, 0) is 43.2 Å². The molecule has 0 aromatic heterocycles. The summed E-state index contributed by atoms with van der Waals surface area (Å²) in [7, 11) is 0. The molecule has 0 heterocycles. The van der Waals surface area contributed by atoms with E-state index < -0.39 is 11.5 Å². The molecule has 21 heavy (non-hydrogen) atoms. The minimum Gasteiger partial charge on any atom is -0.479 e. The van der Waals surface area contributed by atoms with Gasteiger partial charge in [-0.25, -0.2) is 4.79 Å². The van der Waals surface area contributed by atoms with Crippen LogP contribution in [0.2, 0.25) is 5.02 Å². The Kier molecular flexibility index (Phi) is 4.53. The maximum atomic E-state index is 11.9. The molecule has 0 fully saturated rings. The average Bonchev–Trinajstić information content (AvgIpc) is 2.46. The van der Waals surface area contributed by atoms with E-state index in [4.69, 9.17) is 11.6 Å². The van der Waals surface area contributed by atoms with Crippen LogP contribution in [0.4, 0.5) is 5.69 Å². The van der Waals surface area contributed by atoms with Crippen LogP contribution in [0.15, 0.2) is 48.5 Å². The van der Waals surface area contributed by atoms with Gasteiger partial charge in [0.2, 0.25) is 0 Å². The zero-order valence-electron chi connectivity index (χ0n) is 12.1. The molecule has 4 heteroatoms. The van der Waals surface area contributed by atoms with Crippen LogP contribution in [0.5, 0.6) is 0 Å². The number of anilines is 1. The Hall–Kier alpha value is -2.00. The Morgan fingerprint density at radius 1 is 1.24 bits per heavy atom. The number of aliphatic carboxylic acids is 1. The van der Waals surface area contributed by atoms with Crippen LogP contribution in [-0.4, -0.2) is 11.1 Å². The second-order valence-electron chi connectivity index (χ2n) is 5.07. The summed E-state index contributed by atoms with van der Waals surface area (Å²) in [5.41, 5.74) is 1.34. The zero-order valence-corrected chi connectivity index (χ0v) is 12.8. The molecule has 0 aliphatic rings. The number of carboxylic acids is 1. The number of hydrogen-bond acceptors (Lipinski definition) is 2. The maximum Gasteiger partial charge on any atom is 0.334 e. The highest BCUT2D eigenvalue weighted by molar-refractivity contribution is 6.30. The lowest BCUT2D eigenvalue weighted by molar-refractivity contribution is -0.142. The molecule has 0 aliphatic heterocycles. The van der Waals surface area contributed by atoms with Crippen molar-refractivity contribution in [2.24, 2.45) is 0 Å². The van der Waals surface area contributed by atoms with Gasteiger partial charge >= 0.3 is 5.97 Å². The number of carbonyl (C=O) groups is 1. The van der Waals surface area contributed by atoms with Crippen molar-refractivity contribution >= 4 is 23.3 Å². The molecule has 0 radical (unpaired) electrons. The van der Waals surface area contributed by atoms with Crippen LogP contribution in [0.3, 0.4) is 0 Å². The summed E-state index contributed by atoms with van der Waals surface area (Å²) in [6, 6.07) is 14.6. The number of nitrogens with one attached hydrogen (secondary N) is 1. The minimum absolute atomic E-state index is 0.399. The van der Waals surface area contributed by atoms with Gasteiger partial charge in [0.15, 0.2) is 5.54 Å². The summed E-state index contributed by atoms with van der Waals surface area (Å²) in [5, 5.41) is 13.5. The summed E-state index contributed by atoms with van der Waals surface area (Å²) < 4.78 is 0. The first-order valence-corrected chi connectivity index (χ1v) is 7.20. The Labute approximate surface area is 129 Å². The summed E-state index contributed by atoms with van der Waals surface area (Å²) in [5.74, 6) is -0.923. The lowest BCUT2D eigenvalue weighted by atomic mass is 9.87. The lowest BCUT2D eigenvalue weighted by Gasteiger charge is -2.31. The normalized spacial score (nSPS) is 13.5. The fourth-order valence-corrected chi connectivity index (χ4v) is 2.52. The van der Waals surface area contributed by atoms with Crippen molar-refractivity contribution in [3.8, 4) is 0 Å². The molecular weight excluding hydrogens is 286 g/mol. The van der Waals surface area contributed by atoms with Gasteiger partial charge in [-0.15, -0.1) is 0 Å². The van der Waals surface area contributed by atoms with E-state index >= 15 is 0 Å². The van der Waals surface area contributed by atoms with Crippen LogP contribution < -0.4 is 5.32 Å². The number of hydrogen-bond donors (Lipinski definition) is 2. The molecule has 0 saturated carbocycles. The highest BCUT2D eigenvalue weighted by atomic mass is 35.5. The quantitative estimate of drug-likeness (QED) is 0.858. The van der Waals surface area contributed by atoms with Crippen LogP contribution in [0.1, 0.15) is 24.5 Å². The van der Waals surface area contributed by atoms with Crippen molar-refractivity contribution in [2.75, 3.05) is 5.32 Å². The van der Waals surface area contributed by atoms with E-state index in [0.29, 0.717) is 17.0 Å². The predicted molar refractivity (Wildman–Crippen MR) is 85.9 cm³/mol. The van der Waals surface area contributed by atoms with E-state index in [1.165, 1.54) is 0 Å². The number of carboxylic acid groups (broad SMARTS) is 1. The van der Waals surface area contributed by atoms with Crippen molar-refractivity contribution in [1.29, 1.82) is 0 Å². The first kappa shape index (κ1) is 15.4. The Morgan fingerprint density at radius 3 is 2.43 bits per heavy atom. The molecule has 0 bridgehead atoms. The van der Waals surface area contributed by atoms with Crippen LogP contribution in [0, 0.1) is 6.92 Å². The molecule has 3 nitrogen and oxygen atoms in total. The van der Waals surface area contributed by atoms with Gasteiger partial charge in [0.25, 0.3) is 0 Å². The average molecular weight is 304 g/mol. The molecule has 110 valence electrons. The molecule has 2 rings (SSSR count). The Bertz CT molecular complexity index is 639. The lowest BCUT2D eigenvalue weighted by Crippen LogP contribution is -2.43. The number of aryl methyl sites for hydroxylation is 1. The molecule has 0 saturated heterocycles. The molecule has 1 atom stereocenters. The zero-order chi connectivity index (χ0) is 15.5. The van der Waals surface area contributed by atoms with E-state index in [0.717, 1.165) is 11.3 Å². The van der Waals surface area contributed by atoms with Gasteiger partial charge < -0.3 is 10.4 Å². The smallest absolute Gasteiger partial charge is 0.334 e. The highest BCUT2D eigenvalue weighted by Gasteiger charge is 2.38. The topological polar surface area (TPSA) is 49.3 Å². The monoisotopic (exact) mass is 303 g/mol. The standard InChI is InChI=1S/C17H18ClNO2/c1-3-17(16(20)21,13-5-4-6-14(18)11-13)19-15-9-7-12(2)8-10-15/h4-11,19H,3H2,1-2H3,(H,20,21). The third-order valence-electron chi connectivity index (χ3n) is 3.62. The first-order valence-electron chi connectivity index (χ1n) is 6.82. The van der Waals surface area contributed by atoms with Crippen molar-refractivity contribution in [1.82, 2.24) is 0 Å². The van der Waals surface area contributed by atoms with Crippen molar-refractivity contribution in [3.63, 3.8) is 0 Å². The molecule has 0 amide bonds. The van der Waals surface area contributed by atoms with Gasteiger partial charge in [0.05, 0.1) is 0 Å². The fraction of sp³-hybridized carbons (Fsp3) is 0.235. The second kappa shape index (κ2) is 6.19. The van der Waals surface area contributed by atoms with Crippen LogP contribution >= 0.6 is 11.6 Å². The number of halogens is 1. The number of benzene rings is 2. The fourth-order valence-electron chi connectivity index (χ4n) is 2.33. The predicted octanol–water partition coefficient (Wildman–Crippen LogP) is 4.45. The highest BCUT2D eigenvalue weighted by Crippen LogP contribution is 2.32. The van der Waals surface area contributed by atoms with E-state index in [-0.39, 0.29) is 0 Å². The molecular formula is C17H18ClNO2. The molecule has 0 aliphatic carbocycles. The van der Waals surface area contributed by atoms with E-state index in [9.17, 15) is 9.90 Å². The molecule has 1 unspecified atom stereocenters. The summed E-state index contributed by atoms with van der Waals surface area (Å²) in [6.07, 6.45) is 0.399.